The summed E-state index contributed by atoms with van der Waals surface area (Å²) in [6, 6.07) is 11.2. The monoisotopic (exact) mass is 343 g/mol. The van der Waals surface area contributed by atoms with Crippen molar-refractivity contribution in [1.82, 2.24) is 5.32 Å². The molecule has 0 spiro atoms. The molecule has 0 aliphatic rings. The number of rotatable bonds is 7. The first-order valence-corrected chi connectivity index (χ1v) is 7.76. The summed E-state index contributed by atoms with van der Waals surface area (Å²) in [5, 5.41) is 12.0. The molecular weight excluding hydrogens is 322 g/mol. The van der Waals surface area contributed by atoms with Crippen molar-refractivity contribution < 1.29 is 24.2 Å². The summed E-state index contributed by atoms with van der Waals surface area (Å²) in [6.45, 7) is 1.81. The largest absolute Gasteiger partial charge is 0.496 e. The number of carbonyl (C=O) groups is 2. The number of methoxy groups -OCH3 is 2. The summed E-state index contributed by atoms with van der Waals surface area (Å²) in [5.74, 6) is -0.595. The normalized spacial score (nSPS) is 11.5. The van der Waals surface area contributed by atoms with Gasteiger partial charge >= 0.3 is 5.97 Å². The van der Waals surface area contributed by atoms with Crippen molar-refractivity contribution in [2.75, 3.05) is 14.2 Å². The van der Waals surface area contributed by atoms with E-state index in [0.29, 0.717) is 11.5 Å². The second-order valence-electron chi connectivity index (χ2n) is 5.56. The SMILES string of the molecule is COc1cc(C(=O)NC(Cc2ccccc2)C(=O)O)cc(OC)c1C. The lowest BCUT2D eigenvalue weighted by Crippen LogP contribution is -2.42. The Kier molecular flexibility index (Phi) is 6.00. The van der Waals surface area contributed by atoms with Gasteiger partial charge in [-0.1, -0.05) is 30.3 Å². The predicted octanol–water partition coefficient (Wildman–Crippen LogP) is 2.44. The minimum atomic E-state index is -1.09. The van der Waals surface area contributed by atoms with Crippen LogP contribution in [0.5, 0.6) is 11.5 Å². The average Bonchev–Trinajstić information content (AvgIpc) is 2.62. The summed E-state index contributed by atoms with van der Waals surface area (Å²) < 4.78 is 10.5. The van der Waals surface area contributed by atoms with Gasteiger partial charge in [0, 0.05) is 17.5 Å². The van der Waals surface area contributed by atoms with E-state index < -0.39 is 17.9 Å². The summed E-state index contributed by atoms with van der Waals surface area (Å²) in [6.07, 6.45) is 0.196. The molecule has 0 radical (unpaired) electrons. The van der Waals surface area contributed by atoms with E-state index in [4.69, 9.17) is 9.47 Å². The summed E-state index contributed by atoms with van der Waals surface area (Å²) in [4.78, 5) is 24.0. The zero-order valence-electron chi connectivity index (χ0n) is 14.4. The fraction of sp³-hybridized carbons (Fsp3) is 0.263. The van der Waals surface area contributed by atoms with Crippen LogP contribution in [0.3, 0.4) is 0 Å². The molecule has 1 amide bonds. The molecule has 0 aliphatic heterocycles. The maximum absolute atomic E-state index is 12.5. The molecule has 2 rings (SSSR count). The lowest BCUT2D eigenvalue weighted by atomic mass is 10.0. The van der Waals surface area contributed by atoms with E-state index in [9.17, 15) is 14.7 Å². The first-order chi connectivity index (χ1) is 12.0. The van der Waals surface area contributed by atoms with Gasteiger partial charge in [-0.2, -0.15) is 0 Å². The number of carboxylic acid groups (broad SMARTS) is 1. The molecule has 2 aromatic carbocycles. The Morgan fingerprint density at radius 3 is 2.12 bits per heavy atom. The van der Waals surface area contributed by atoms with Crippen LogP contribution in [0, 0.1) is 6.92 Å². The Morgan fingerprint density at radius 1 is 1.08 bits per heavy atom. The molecule has 0 aliphatic carbocycles. The molecule has 1 unspecified atom stereocenters. The van der Waals surface area contributed by atoms with Gasteiger partial charge in [0.2, 0.25) is 0 Å². The molecule has 1 atom stereocenters. The fourth-order valence-corrected chi connectivity index (χ4v) is 2.51. The number of carboxylic acids is 1. The van der Waals surface area contributed by atoms with Crippen LogP contribution >= 0.6 is 0 Å². The van der Waals surface area contributed by atoms with Gasteiger partial charge in [0.05, 0.1) is 14.2 Å². The van der Waals surface area contributed by atoms with Crippen molar-refractivity contribution in [1.29, 1.82) is 0 Å². The van der Waals surface area contributed by atoms with Crippen LogP contribution in [0.4, 0.5) is 0 Å². The number of hydrogen-bond acceptors (Lipinski definition) is 4. The highest BCUT2D eigenvalue weighted by molar-refractivity contribution is 5.97. The Hall–Kier alpha value is -3.02. The van der Waals surface area contributed by atoms with E-state index in [-0.39, 0.29) is 12.0 Å². The lowest BCUT2D eigenvalue weighted by Gasteiger charge is -2.16. The smallest absolute Gasteiger partial charge is 0.326 e. The van der Waals surface area contributed by atoms with Crippen LogP contribution in [0.1, 0.15) is 21.5 Å². The molecule has 0 fully saturated rings. The number of aliphatic carboxylic acids is 1. The maximum Gasteiger partial charge on any atom is 0.326 e. The fourth-order valence-electron chi connectivity index (χ4n) is 2.51. The van der Waals surface area contributed by atoms with Crippen LogP contribution in [-0.2, 0) is 11.2 Å². The van der Waals surface area contributed by atoms with Gasteiger partial charge in [0.15, 0.2) is 0 Å². The Morgan fingerprint density at radius 2 is 1.64 bits per heavy atom. The molecule has 0 aromatic heterocycles. The Balaban J connectivity index is 2.22. The highest BCUT2D eigenvalue weighted by Gasteiger charge is 2.22. The van der Waals surface area contributed by atoms with Crippen LogP contribution in [0.25, 0.3) is 0 Å². The predicted molar refractivity (Wildman–Crippen MR) is 93.3 cm³/mol. The van der Waals surface area contributed by atoms with Crippen molar-refractivity contribution in [3.05, 3.63) is 59.2 Å². The molecule has 25 heavy (non-hydrogen) atoms. The summed E-state index contributed by atoms with van der Waals surface area (Å²) in [5.41, 5.74) is 1.87. The van der Waals surface area contributed by atoms with Crippen molar-refractivity contribution in [3.8, 4) is 11.5 Å². The van der Waals surface area contributed by atoms with Crippen molar-refractivity contribution in [2.24, 2.45) is 0 Å². The molecule has 2 aromatic rings. The molecule has 6 nitrogen and oxygen atoms in total. The van der Waals surface area contributed by atoms with Crippen molar-refractivity contribution in [3.63, 3.8) is 0 Å². The van der Waals surface area contributed by atoms with Gasteiger partial charge in [0.25, 0.3) is 5.91 Å². The van der Waals surface area contributed by atoms with E-state index in [1.807, 2.05) is 37.3 Å². The summed E-state index contributed by atoms with van der Waals surface area (Å²) in [7, 11) is 3.00. The number of amides is 1. The quantitative estimate of drug-likeness (QED) is 0.806. The standard InChI is InChI=1S/C19H21NO5/c1-12-16(24-2)10-14(11-17(12)25-3)18(21)20-15(19(22)23)9-13-7-5-4-6-8-13/h4-8,10-11,15H,9H2,1-3H3,(H,20,21)(H,22,23). The van der Waals surface area contributed by atoms with E-state index in [0.717, 1.165) is 11.1 Å². The topological polar surface area (TPSA) is 84.9 Å². The molecule has 132 valence electrons. The average molecular weight is 343 g/mol. The van der Waals surface area contributed by atoms with Crippen LogP contribution in [0.15, 0.2) is 42.5 Å². The number of ether oxygens (including phenoxy) is 2. The maximum atomic E-state index is 12.5. The van der Waals surface area contributed by atoms with Gasteiger partial charge in [-0.25, -0.2) is 4.79 Å². The van der Waals surface area contributed by atoms with E-state index in [2.05, 4.69) is 5.32 Å². The molecule has 2 N–H and O–H groups in total. The minimum absolute atomic E-state index is 0.196. The minimum Gasteiger partial charge on any atom is -0.496 e. The highest BCUT2D eigenvalue weighted by atomic mass is 16.5. The molecule has 6 heteroatoms. The summed E-state index contributed by atoms with van der Waals surface area (Å²) >= 11 is 0. The van der Waals surface area contributed by atoms with Gasteiger partial charge < -0.3 is 19.9 Å². The lowest BCUT2D eigenvalue weighted by molar-refractivity contribution is -0.139. The van der Waals surface area contributed by atoms with E-state index in [1.165, 1.54) is 14.2 Å². The second kappa shape index (κ2) is 8.19. The van der Waals surface area contributed by atoms with Crippen LogP contribution in [-0.4, -0.2) is 37.2 Å². The van der Waals surface area contributed by atoms with Gasteiger partial charge in [-0.15, -0.1) is 0 Å². The third kappa shape index (κ3) is 4.50. The van der Waals surface area contributed by atoms with Crippen molar-refractivity contribution in [2.45, 2.75) is 19.4 Å². The molecule has 0 bridgehead atoms. The number of carbonyl (C=O) groups excluding carboxylic acids is 1. The van der Waals surface area contributed by atoms with Crippen LogP contribution in [0.2, 0.25) is 0 Å². The van der Waals surface area contributed by atoms with Crippen LogP contribution < -0.4 is 14.8 Å². The Labute approximate surface area is 146 Å². The van der Waals surface area contributed by atoms with E-state index in [1.54, 1.807) is 12.1 Å². The van der Waals surface area contributed by atoms with Crippen molar-refractivity contribution >= 4 is 11.9 Å². The van der Waals surface area contributed by atoms with Gasteiger partial charge in [0.1, 0.15) is 17.5 Å². The first kappa shape index (κ1) is 18.3. The second-order valence-corrected chi connectivity index (χ2v) is 5.56. The van der Waals surface area contributed by atoms with Gasteiger partial charge in [-0.05, 0) is 24.6 Å². The molecule has 0 heterocycles. The third-order valence-corrected chi connectivity index (χ3v) is 3.90. The molecule has 0 saturated carbocycles. The zero-order valence-corrected chi connectivity index (χ0v) is 14.4. The van der Waals surface area contributed by atoms with Gasteiger partial charge in [-0.3, -0.25) is 4.79 Å². The zero-order chi connectivity index (χ0) is 18.4. The Bertz CT molecular complexity index is 733. The number of nitrogens with one attached hydrogen (secondary N) is 1. The third-order valence-electron chi connectivity index (χ3n) is 3.90. The highest BCUT2D eigenvalue weighted by Crippen LogP contribution is 2.29. The number of benzene rings is 2. The van der Waals surface area contributed by atoms with E-state index >= 15 is 0 Å². The number of hydrogen-bond donors (Lipinski definition) is 2. The molecule has 0 saturated heterocycles. The first-order valence-electron chi connectivity index (χ1n) is 7.76. The molecular formula is C19H21NO5.